The largest absolute Gasteiger partial charge is 0.504 e. The molecule has 0 saturated carbocycles. The van der Waals surface area contributed by atoms with Gasteiger partial charge >= 0.3 is 5.69 Å². The molecule has 0 fully saturated rings. The molecule has 0 atom stereocenters. The maximum atomic E-state index is 11.6. The zero-order chi connectivity index (χ0) is 17.5. The zero-order valence-electron chi connectivity index (χ0n) is 12.2. The van der Waals surface area contributed by atoms with Crippen molar-refractivity contribution >= 4 is 17.8 Å². The number of nitro benzene ring substituents is 1. The number of hydrogen-bond donors (Lipinski definition) is 3. The molecule has 9 nitrogen and oxygen atoms in total. The standard InChI is InChI=1S/C15H13N3O6/c19-12-6-5-10(7-13(12)20)8-16-17-15(21)9-24-14-4-2-1-3-11(14)18(22)23/h1-8,19-20H,9H2,(H,17,21)/b16-8+. The lowest BCUT2D eigenvalue weighted by molar-refractivity contribution is -0.385. The van der Waals surface area contributed by atoms with Gasteiger partial charge in [0.1, 0.15) is 0 Å². The molecule has 0 radical (unpaired) electrons. The fraction of sp³-hybridized carbons (Fsp3) is 0.0667. The molecule has 0 bridgehead atoms. The minimum atomic E-state index is -0.618. The van der Waals surface area contributed by atoms with Gasteiger partial charge in [0.2, 0.25) is 0 Å². The van der Waals surface area contributed by atoms with Crippen LogP contribution < -0.4 is 10.2 Å². The van der Waals surface area contributed by atoms with Crippen LogP contribution in [0.1, 0.15) is 5.56 Å². The highest BCUT2D eigenvalue weighted by Crippen LogP contribution is 2.25. The number of nitro groups is 1. The highest BCUT2D eigenvalue weighted by Gasteiger charge is 2.14. The number of amides is 1. The predicted octanol–water partition coefficient (Wildman–Crippen LogP) is 1.54. The third-order valence-electron chi connectivity index (χ3n) is 2.82. The first kappa shape index (κ1) is 16.7. The summed E-state index contributed by atoms with van der Waals surface area (Å²) in [5.41, 5.74) is 2.38. The third kappa shape index (κ3) is 4.44. The Morgan fingerprint density at radius 3 is 2.71 bits per heavy atom. The van der Waals surface area contributed by atoms with Gasteiger partial charge in [0.15, 0.2) is 23.9 Å². The molecule has 0 aromatic heterocycles. The van der Waals surface area contributed by atoms with Crippen molar-refractivity contribution < 1.29 is 24.7 Å². The number of nitrogens with one attached hydrogen (secondary N) is 1. The Morgan fingerprint density at radius 2 is 2.00 bits per heavy atom. The summed E-state index contributed by atoms with van der Waals surface area (Å²) in [6.45, 7) is -0.455. The van der Waals surface area contributed by atoms with Crippen LogP contribution >= 0.6 is 0 Å². The molecule has 2 aromatic carbocycles. The van der Waals surface area contributed by atoms with E-state index in [1.807, 2.05) is 0 Å². The van der Waals surface area contributed by atoms with Gasteiger partial charge in [-0.3, -0.25) is 14.9 Å². The number of hydrogen-bond acceptors (Lipinski definition) is 7. The zero-order valence-corrected chi connectivity index (χ0v) is 12.2. The van der Waals surface area contributed by atoms with Crippen molar-refractivity contribution in [2.24, 2.45) is 5.10 Å². The molecule has 0 unspecified atom stereocenters. The van der Waals surface area contributed by atoms with E-state index >= 15 is 0 Å². The van der Waals surface area contributed by atoms with Crippen LogP contribution in [0.4, 0.5) is 5.69 Å². The Hall–Kier alpha value is -3.62. The number of benzene rings is 2. The third-order valence-corrected chi connectivity index (χ3v) is 2.82. The van der Waals surface area contributed by atoms with Crippen molar-refractivity contribution in [1.82, 2.24) is 5.43 Å². The van der Waals surface area contributed by atoms with Gasteiger partial charge in [0.05, 0.1) is 11.1 Å². The molecule has 0 aliphatic heterocycles. The van der Waals surface area contributed by atoms with E-state index in [1.54, 1.807) is 6.07 Å². The first-order valence-corrected chi connectivity index (χ1v) is 6.67. The van der Waals surface area contributed by atoms with Gasteiger partial charge in [0.25, 0.3) is 5.91 Å². The van der Waals surface area contributed by atoms with E-state index in [2.05, 4.69) is 10.5 Å². The van der Waals surface area contributed by atoms with Gasteiger partial charge < -0.3 is 14.9 Å². The second-order valence-electron chi connectivity index (χ2n) is 4.55. The molecule has 0 spiro atoms. The Morgan fingerprint density at radius 1 is 1.25 bits per heavy atom. The van der Waals surface area contributed by atoms with Crippen LogP contribution in [0.5, 0.6) is 17.2 Å². The molecular formula is C15H13N3O6. The number of aromatic hydroxyl groups is 2. The highest BCUT2D eigenvalue weighted by atomic mass is 16.6. The van der Waals surface area contributed by atoms with E-state index in [4.69, 9.17) is 9.84 Å². The number of phenols is 2. The van der Waals surface area contributed by atoms with Crippen molar-refractivity contribution in [3.63, 3.8) is 0 Å². The molecule has 3 N–H and O–H groups in total. The van der Waals surface area contributed by atoms with Crippen molar-refractivity contribution in [2.45, 2.75) is 0 Å². The number of carbonyl (C=O) groups excluding carboxylic acids is 1. The molecule has 0 saturated heterocycles. The number of carbonyl (C=O) groups is 1. The van der Waals surface area contributed by atoms with E-state index < -0.39 is 17.4 Å². The summed E-state index contributed by atoms with van der Waals surface area (Å²) in [5.74, 6) is -1.23. The summed E-state index contributed by atoms with van der Waals surface area (Å²) in [6.07, 6.45) is 1.25. The lowest BCUT2D eigenvalue weighted by atomic mass is 10.2. The maximum Gasteiger partial charge on any atom is 0.310 e. The smallest absolute Gasteiger partial charge is 0.310 e. The second kappa shape index (κ2) is 7.58. The second-order valence-corrected chi connectivity index (χ2v) is 4.55. The Kier molecular flexibility index (Phi) is 5.29. The summed E-state index contributed by atoms with van der Waals surface area (Å²) in [7, 11) is 0. The predicted molar refractivity (Wildman–Crippen MR) is 84.1 cm³/mol. The van der Waals surface area contributed by atoms with Crippen LogP contribution in [-0.4, -0.2) is 33.9 Å². The van der Waals surface area contributed by atoms with Crippen LogP contribution in [0.25, 0.3) is 0 Å². The van der Waals surface area contributed by atoms with E-state index in [1.165, 1.54) is 42.6 Å². The highest BCUT2D eigenvalue weighted by molar-refractivity contribution is 5.83. The number of nitrogens with zero attached hydrogens (tertiary/aromatic N) is 2. The van der Waals surface area contributed by atoms with Crippen molar-refractivity contribution in [3.8, 4) is 17.2 Å². The number of rotatable bonds is 6. The normalized spacial score (nSPS) is 10.5. The van der Waals surface area contributed by atoms with Gasteiger partial charge in [-0.05, 0) is 29.8 Å². The molecule has 0 heterocycles. The summed E-state index contributed by atoms with van der Waals surface area (Å²) in [6, 6.07) is 9.70. The molecule has 1 amide bonds. The molecule has 124 valence electrons. The molecule has 24 heavy (non-hydrogen) atoms. The average Bonchev–Trinajstić information content (AvgIpc) is 2.56. The molecule has 2 rings (SSSR count). The van der Waals surface area contributed by atoms with Crippen LogP contribution in [0.15, 0.2) is 47.6 Å². The first-order valence-electron chi connectivity index (χ1n) is 6.67. The van der Waals surface area contributed by atoms with E-state index in [0.717, 1.165) is 0 Å². The minimum absolute atomic E-state index is 0.0231. The minimum Gasteiger partial charge on any atom is -0.504 e. The van der Waals surface area contributed by atoms with Gasteiger partial charge in [-0.15, -0.1) is 0 Å². The Labute approximate surface area is 136 Å². The molecule has 2 aromatic rings. The summed E-state index contributed by atoms with van der Waals surface area (Å²) in [4.78, 5) is 21.8. The van der Waals surface area contributed by atoms with Gasteiger partial charge in [-0.2, -0.15) is 5.10 Å². The average molecular weight is 331 g/mol. The van der Waals surface area contributed by atoms with E-state index in [9.17, 15) is 20.0 Å². The number of hydrazone groups is 1. The van der Waals surface area contributed by atoms with Crippen LogP contribution in [0.3, 0.4) is 0 Å². The quantitative estimate of drug-likeness (QED) is 0.318. The van der Waals surface area contributed by atoms with Gasteiger partial charge in [0, 0.05) is 6.07 Å². The van der Waals surface area contributed by atoms with Gasteiger partial charge in [-0.1, -0.05) is 12.1 Å². The lowest BCUT2D eigenvalue weighted by Gasteiger charge is -2.05. The lowest BCUT2D eigenvalue weighted by Crippen LogP contribution is -2.24. The molecule has 0 aliphatic rings. The number of ether oxygens (including phenoxy) is 1. The Bertz CT molecular complexity index is 791. The number of para-hydroxylation sites is 2. The summed E-state index contributed by atoms with van der Waals surface area (Å²) in [5, 5.41) is 32.9. The monoisotopic (exact) mass is 331 g/mol. The van der Waals surface area contributed by atoms with Crippen molar-refractivity contribution in [2.75, 3.05) is 6.61 Å². The summed E-state index contributed by atoms with van der Waals surface area (Å²) >= 11 is 0. The van der Waals surface area contributed by atoms with Crippen molar-refractivity contribution in [1.29, 1.82) is 0 Å². The first-order chi connectivity index (χ1) is 11.5. The molecular weight excluding hydrogens is 318 g/mol. The number of phenolic OH excluding ortho intramolecular Hbond substituents is 2. The van der Waals surface area contributed by atoms with Crippen LogP contribution in [0.2, 0.25) is 0 Å². The van der Waals surface area contributed by atoms with Crippen molar-refractivity contribution in [3.05, 3.63) is 58.1 Å². The SMILES string of the molecule is O=C(COc1ccccc1[N+](=O)[O-])N/N=C/c1ccc(O)c(O)c1. The molecule has 0 aliphatic carbocycles. The van der Waals surface area contributed by atoms with Crippen LogP contribution in [-0.2, 0) is 4.79 Å². The Balaban J connectivity index is 1.89. The van der Waals surface area contributed by atoms with Crippen LogP contribution in [0, 0.1) is 10.1 Å². The van der Waals surface area contributed by atoms with E-state index in [-0.39, 0.29) is 22.9 Å². The van der Waals surface area contributed by atoms with E-state index in [0.29, 0.717) is 5.56 Å². The van der Waals surface area contributed by atoms with Gasteiger partial charge in [-0.25, -0.2) is 5.43 Å². The molecule has 9 heteroatoms. The maximum absolute atomic E-state index is 11.6. The topological polar surface area (TPSA) is 134 Å². The summed E-state index contributed by atoms with van der Waals surface area (Å²) < 4.78 is 5.10. The fourth-order valence-corrected chi connectivity index (χ4v) is 1.71. The fourth-order valence-electron chi connectivity index (χ4n) is 1.71.